The average molecular weight is 371 g/mol. The van der Waals surface area contributed by atoms with Crippen LogP contribution < -0.4 is 9.64 Å². The molecule has 2 heterocycles. The van der Waals surface area contributed by atoms with Crippen LogP contribution in [0.4, 0.5) is 6.01 Å². The van der Waals surface area contributed by atoms with Crippen molar-refractivity contribution in [3.8, 4) is 5.75 Å². The first-order valence-corrected chi connectivity index (χ1v) is 9.83. The van der Waals surface area contributed by atoms with Gasteiger partial charge >= 0.3 is 6.01 Å². The third kappa shape index (κ3) is 5.08. The molecule has 0 bridgehead atoms. The summed E-state index contributed by atoms with van der Waals surface area (Å²) in [6.07, 6.45) is 4.14. The predicted octanol–water partition coefficient (Wildman–Crippen LogP) is 4.33. The van der Waals surface area contributed by atoms with Gasteiger partial charge in [-0.3, -0.25) is 4.79 Å². The van der Waals surface area contributed by atoms with Crippen LogP contribution in [-0.4, -0.2) is 36.1 Å². The minimum atomic E-state index is 0.287. The van der Waals surface area contributed by atoms with Gasteiger partial charge in [0.15, 0.2) is 5.82 Å². The second-order valence-electron chi connectivity index (χ2n) is 7.72. The van der Waals surface area contributed by atoms with Crippen LogP contribution in [-0.2, 0) is 0 Å². The van der Waals surface area contributed by atoms with Gasteiger partial charge in [-0.15, -0.1) is 0 Å². The lowest BCUT2D eigenvalue weighted by atomic mass is 9.84. The summed E-state index contributed by atoms with van der Waals surface area (Å²) in [5, 5.41) is 4.06. The van der Waals surface area contributed by atoms with Gasteiger partial charge in [-0.2, -0.15) is 4.98 Å². The van der Waals surface area contributed by atoms with Crippen LogP contribution in [0, 0.1) is 11.8 Å². The van der Waals surface area contributed by atoms with Gasteiger partial charge in [0.25, 0.3) is 0 Å². The number of piperidine rings is 1. The Hall–Kier alpha value is -2.37. The highest BCUT2D eigenvalue weighted by Gasteiger charge is 2.26. The summed E-state index contributed by atoms with van der Waals surface area (Å²) in [6, 6.07) is 7.92. The first-order valence-electron chi connectivity index (χ1n) is 9.83. The molecule has 1 aliphatic heterocycles. The van der Waals surface area contributed by atoms with E-state index < -0.39 is 0 Å². The third-order valence-electron chi connectivity index (χ3n) is 5.42. The number of hydrogen-bond donors (Lipinski definition) is 0. The maximum absolute atomic E-state index is 10.7. The molecule has 0 aliphatic carbocycles. The van der Waals surface area contributed by atoms with Crippen molar-refractivity contribution >= 4 is 12.3 Å². The Balaban J connectivity index is 1.41. The summed E-state index contributed by atoms with van der Waals surface area (Å²) in [6.45, 7) is 9.07. The fourth-order valence-electron chi connectivity index (χ4n) is 3.49. The molecule has 0 amide bonds. The molecular weight excluding hydrogens is 342 g/mol. The number of aromatic nitrogens is 2. The molecule has 0 spiro atoms. The Morgan fingerprint density at radius 2 is 1.93 bits per heavy atom. The van der Waals surface area contributed by atoms with Crippen molar-refractivity contribution in [1.82, 2.24) is 10.1 Å². The standard InChI is InChI=1S/C21H29N3O3/c1-15(2)20-22-21(27-23-20)24-11-8-18(9-12-24)16(3)10-13-26-19-6-4-17(14-25)5-7-19/h4-7,14-16,18H,8-13H2,1-3H3. The van der Waals surface area contributed by atoms with Crippen molar-refractivity contribution < 1.29 is 14.1 Å². The largest absolute Gasteiger partial charge is 0.494 e. The van der Waals surface area contributed by atoms with E-state index in [1.807, 2.05) is 12.1 Å². The van der Waals surface area contributed by atoms with Crippen molar-refractivity contribution in [3.05, 3.63) is 35.7 Å². The highest BCUT2D eigenvalue weighted by atomic mass is 16.5. The maximum atomic E-state index is 10.7. The van der Waals surface area contributed by atoms with E-state index in [2.05, 4.69) is 35.8 Å². The minimum absolute atomic E-state index is 0.287. The van der Waals surface area contributed by atoms with E-state index >= 15 is 0 Å². The normalized spacial score (nSPS) is 16.5. The number of benzene rings is 1. The third-order valence-corrected chi connectivity index (χ3v) is 5.42. The van der Waals surface area contributed by atoms with E-state index in [0.717, 1.165) is 50.2 Å². The van der Waals surface area contributed by atoms with Crippen molar-refractivity contribution in [2.24, 2.45) is 11.8 Å². The molecular formula is C21H29N3O3. The second kappa shape index (κ2) is 9.02. The molecule has 2 aromatic rings. The molecule has 6 nitrogen and oxygen atoms in total. The number of carbonyl (C=O) groups is 1. The Morgan fingerprint density at radius 1 is 1.22 bits per heavy atom. The summed E-state index contributed by atoms with van der Waals surface area (Å²) < 4.78 is 11.2. The monoisotopic (exact) mass is 371 g/mol. The van der Waals surface area contributed by atoms with E-state index in [-0.39, 0.29) is 5.92 Å². The Morgan fingerprint density at radius 3 is 2.52 bits per heavy atom. The quantitative estimate of drug-likeness (QED) is 0.644. The molecule has 6 heteroatoms. The highest BCUT2D eigenvalue weighted by Crippen LogP contribution is 2.29. The molecule has 27 heavy (non-hydrogen) atoms. The molecule has 0 radical (unpaired) electrons. The molecule has 1 aromatic carbocycles. The van der Waals surface area contributed by atoms with Gasteiger partial charge in [-0.1, -0.05) is 25.9 Å². The van der Waals surface area contributed by atoms with E-state index in [1.165, 1.54) is 0 Å². The average Bonchev–Trinajstić information content (AvgIpc) is 3.19. The van der Waals surface area contributed by atoms with Crippen LogP contribution in [0.1, 0.15) is 62.1 Å². The first kappa shape index (κ1) is 19.4. The zero-order valence-electron chi connectivity index (χ0n) is 16.4. The van der Waals surface area contributed by atoms with Crippen molar-refractivity contribution in [1.29, 1.82) is 0 Å². The molecule has 1 aliphatic rings. The number of carbonyl (C=O) groups excluding carboxylic acids is 1. The lowest BCUT2D eigenvalue weighted by Crippen LogP contribution is -2.36. The molecule has 1 aromatic heterocycles. The van der Waals surface area contributed by atoms with Gasteiger partial charge in [-0.05, 0) is 55.4 Å². The van der Waals surface area contributed by atoms with Crippen molar-refractivity contribution in [2.75, 3.05) is 24.6 Å². The van der Waals surface area contributed by atoms with E-state index in [9.17, 15) is 4.79 Å². The molecule has 1 atom stereocenters. The van der Waals surface area contributed by atoms with Gasteiger partial charge in [0.05, 0.1) is 6.61 Å². The van der Waals surface area contributed by atoms with Gasteiger partial charge in [0.2, 0.25) is 0 Å². The van der Waals surface area contributed by atoms with E-state index in [4.69, 9.17) is 9.26 Å². The molecule has 0 saturated carbocycles. The highest BCUT2D eigenvalue weighted by molar-refractivity contribution is 5.74. The number of ether oxygens (including phenoxy) is 1. The Kier molecular flexibility index (Phi) is 6.48. The summed E-state index contributed by atoms with van der Waals surface area (Å²) in [4.78, 5) is 17.4. The molecule has 3 rings (SSSR count). The predicted molar refractivity (Wildman–Crippen MR) is 104 cm³/mol. The van der Waals surface area contributed by atoms with E-state index in [1.54, 1.807) is 12.1 Å². The molecule has 1 fully saturated rings. The summed E-state index contributed by atoms with van der Waals surface area (Å²) in [5.41, 5.74) is 0.671. The van der Waals surface area contributed by atoms with Crippen LogP contribution >= 0.6 is 0 Å². The SMILES string of the molecule is CC(C)c1noc(N2CCC(C(C)CCOc3ccc(C=O)cc3)CC2)n1. The number of rotatable bonds is 8. The van der Waals surface area contributed by atoms with Gasteiger partial charge in [0.1, 0.15) is 12.0 Å². The Labute approximate surface area is 160 Å². The summed E-state index contributed by atoms with van der Waals surface area (Å²) >= 11 is 0. The van der Waals surface area contributed by atoms with Gasteiger partial charge < -0.3 is 14.2 Å². The molecule has 146 valence electrons. The lowest BCUT2D eigenvalue weighted by Gasteiger charge is -2.33. The zero-order chi connectivity index (χ0) is 19.2. The molecule has 0 N–H and O–H groups in total. The van der Waals surface area contributed by atoms with Gasteiger partial charge in [-0.25, -0.2) is 0 Å². The zero-order valence-corrected chi connectivity index (χ0v) is 16.4. The van der Waals surface area contributed by atoms with Crippen LogP contribution in [0.15, 0.2) is 28.8 Å². The topological polar surface area (TPSA) is 68.5 Å². The maximum Gasteiger partial charge on any atom is 0.324 e. The Bertz CT molecular complexity index is 719. The summed E-state index contributed by atoms with van der Waals surface area (Å²) in [7, 11) is 0. The van der Waals surface area contributed by atoms with Crippen molar-refractivity contribution in [3.63, 3.8) is 0 Å². The minimum Gasteiger partial charge on any atom is -0.494 e. The van der Waals surface area contributed by atoms with Crippen LogP contribution in [0.3, 0.4) is 0 Å². The fourth-order valence-corrected chi connectivity index (χ4v) is 3.49. The number of hydrogen-bond acceptors (Lipinski definition) is 6. The van der Waals surface area contributed by atoms with Crippen molar-refractivity contribution in [2.45, 2.75) is 46.0 Å². The van der Waals surface area contributed by atoms with Crippen LogP contribution in [0.5, 0.6) is 5.75 Å². The fraction of sp³-hybridized carbons (Fsp3) is 0.571. The number of aldehydes is 1. The number of anilines is 1. The van der Waals surface area contributed by atoms with Crippen LogP contribution in [0.25, 0.3) is 0 Å². The first-order chi connectivity index (χ1) is 13.1. The molecule has 1 unspecified atom stereocenters. The smallest absolute Gasteiger partial charge is 0.324 e. The van der Waals surface area contributed by atoms with Gasteiger partial charge in [0, 0.05) is 24.6 Å². The van der Waals surface area contributed by atoms with E-state index in [0.29, 0.717) is 30.0 Å². The number of nitrogens with zero attached hydrogens (tertiary/aromatic N) is 3. The van der Waals surface area contributed by atoms with Crippen LogP contribution in [0.2, 0.25) is 0 Å². The summed E-state index contributed by atoms with van der Waals surface area (Å²) in [5.74, 6) is 3.18. The second-order valence-corrected chi connectivity index (χ2v) is 7.72. The lowest BCUT2D eigenvalue weighted by molar-refractivity contribution is 0.112. The molecule has 1 saturated heterocycles.